The Morgan fingerprint density at radius 2 is 2.04 bits per heavy atom. The Morgan fingerprint density at radius 1 is 1.29 bits per heavy atom. The van der Waals surface area contributed by atoms with Gasteiger partial charge in [0, 0.05) is 19.7 Å². The summed E-state index contributed by atoms with van der Waals surface area (Å²) in [6.45, 7) is 9.44. The number of guanidine groups is 1. The van der Waals surface area contributed by atoms with E-state index in [1.807, 2.05) is 6.92 Å². The van der Waals surface area contributed by atoms with Gasteiger partial charge in [-0.2, -0.15) is 0 Å². The predicted octanol–water partition coefficient (Wildman–Crippen LogP) is 3.27. The van der Waals surface area contributed by atoms with Gasteiger partial charge in [-0.25, -0.2) is 9.38 Å². The van der Waals surface area contributed by atoms with E-state index in [1.54, 1.807) is 6.07 Å². The van der Waals surface area contributed by atoms with Gasteiger partial charge in [0.25, 0.3) is 0 Å². The van der Waals surface area contributed by atoms with Crippen LogP contribution >= 0.6 is 24.0 Å². The van der Waals surface area contributed by atoms with Crippen LogP contribution in [0.1, 0.15) is 32.8 Å². The molecular weight excluding hydrogens is 424 g/mol. The monoisotopic (exact) mass is 453 g/mol. The van der Waals surface area contributed by atoms with Gasteiger partial charge in [-0.3, -0.25) is 0 Å². The van der Waals surface area contributed by atoms with Gasteiger partial charge in [-0.15, -0.1) is 24.0 Å². The number of halogens is 2. The Balaban J connectivity index is 0.00000529. The van der Waals surface area contributed by atoms with E-state index in [-0.39, 0.29) is 29.7 Å². The highest BCUT2D eigenvalue weighted by molar-refractivity contribution is 14.0. The number of phenolic OH excluding ortho intramolecular Hbond substituents is 1. The normalized spacial score (nSPS) is 11.3. The van der Waals surface area contributed by atoms with Crippen LogP contribution in [-0.4, -0.2) is 37.4 Å². The molecule has 0 amide bonds. The van der Waals surface area contributed by atoms with Crippen molar-refractivity contribution in [2.75, 3.05) is 26.3 Å². The fourth-order valence-corrected chi connectivity index (χ4v) is 1.82. The zero-order valence-corrected chi connectivity index (χ0v) is 17.0. The number of ether oxygens (including phenoxy) is 1. The fourth-order valence-electron chi connectivity index (χ4n) is 1.82. The molecule has 0 aliphatic heterocycles. The molecule has 0 radical (unpaired) electrons. The summed E-state index contributed by atoms with van der Waals surface area (Å²) in [4.78, 5) is 4.39. The number of nitrogens with zero attached hydrogens (tertiary/aromatic N) is 1. The van der Waals surface area contributed by atoms with Gasteiger partial charge in [0.2, 0.25) is 0 Å². The maximum atomic E-state index is 13.3. The zero-order valence-electron chi connectivity index (χ0n) is 14.6. The van der Waals surface area contributed by atoms with Crippen LogP contribution in [0.2, 0.25) is 0 Å². The number of benzene rings is 1. The molecule has 0 bridgehead atoms. The Bertz CT molecular complexity index is 499. The summed E-state index contributed by atoms with van der Waals surface area (Å²) in [6.07, 6.45) is 1.06. The van der Waals surface area contributed by atoms with Crippen molar-refractivity contribution in [1.82, 2.24) is 10.6 Å². The minimum absolute atomic E-state index is 0. The maximum absolute atomic E-state index is 13.3. The lowest BCUT2D eigenvalue weighted by Crippen LogP contribution is -2.39. The lowest BCUT2D eigenvalue weighted by atomic mass is 10.1. The van der Waals surface area contributed by atoms with Crippen LogP contribution in [0.3, 0.4) is 0 Å². The number of rotatable bonds is 9. The van der Waals surface area contributed by atoms with Crippen molar-refractivity contribution in [3.8, 4) is 5.75 Å². The molecule has 0 atom stereocenters. The molecule has 0 fully saturated rings. The molecule has 24 heavy (non-hydrogen) atoms. The highest BCUT2D eigenvalue weighted by Crippen LogP contribution is 2.16. The molecule has 0 saturated heterocycles. The second-order valence-electron chi connectivity index (χ2n) is 5.70. The number of hydrogen-bond acceptors (Lipinski definition) is 3. The SMILES string of the molecule is CCNC(=NCc1ccc(O)c(F)c1)NCCOCCC(C)C.I. The first-order valence-electron chi connectivity index (χ1n) is 8.10. The largest absolute Gasteiger partial charge is 0.505 e. The lowest BCUT2D eigenvalue weighted by molar-refractivity contribution is 0.128. The van der Waals surface area contributed by atoms with Crippen LogP contribution < -0.4 is 10.6 Å². The van der Waals surface area contributed by atoms with Gasteiger partial charge in [0.15, 0.2) is 17.5 Å². The van der Waals surface area contributed by atoms with Crippen molar-refractivity contribution in [3.05, 3.63) is 29.6 Å². The summed E-state index contributed by atoms with van der Waals surface area (Å²) in [5, 5.41) is 15.5. The third-order valence-corrected chi connectivity index (χ3v) is 3.15. The van der Waals surface area contributed by atoms with E-state index >= 15 is 0 Å². The Kier molecular flexibility index (Phi) is 12.6. The smallest absolute Gasteiger partial charge is 0.191 e. The Hall–Kier alpha value is -1.09. The molecule has 3 N–H and O–H groups in total. The van der Waals surface area contributed by atoms with E-state index in [1.165, 1.54) is 12.1 Å². The van der Waals surface area contributed by atoms with E-state index < -0.39 is 5.82 Å². The first-order chi connectivity index (χ1) is 11.0. The molecule has 0 heterocycles. The van der Waals surface area contributed by atoms with Crippen LogP contribution in [0, 0.1) is 11.7 Å². The number of phenols is 1. The summed E-state index contributed by atoms with van der Waals surface area (Å²) in [7, 11) is 0. The van der Waals surface area contributed by atoms with Crippen molar-refractivity contribution < 1.29 is 14.2 Å². The van der Waals surface area contributed by atoms with Crippen molar-refractivity contribution in [2.24, 2.45) is 10.9 Å². The Labute approximate surface area is 161 Å². The van der Waals surface area contributed by atoms with Gasteiger partial charge in [-0.1, -0.05) is 19.9 Å². The number of hydrogen-bond donors (Lipinski definition) is 3. The molecule has 5 nitrogen and oxygen atoms in total. The lowest BCUT2D eigenvalue weighted by Gasteiger charge is -2.12. The first-order valence-corrected chi connectivity index (χ1v) is 8.10. The van der Waals surface area contributed by atoms with Crippen LogP contribution in [0.25, 0.3) is 0 Å². The average molecular weight is 453 g/mol. The molecular formula is C17H29FIN3O2. The van der Waals surface area contributed by atoms with Crippen molar-refractivity contribution in [3.63, 3.8) is 0 Å². The number of aliphatic imine (C=N–C) groups is 1. The van der Waals surface area contributed by atoms with Gasteiger partial charge in [0.05, 0.1) is 13.2 Å². The van der Waals surface area contributed by atoms with E-state index in [0.29, 0.717) is 37.1 Å². The van der Waals surface area contributed by atoms with Crippen molar-refractivity contribution in [2.45, 2.75) is 33.7 Å². The standard InChI is InChI=1S/C17H28FN3O2.HI/c1-4-19-17(20-8-10-23-9-7-13(2)3)21-12-14-5-6-16(22)15(18)11-14;/h5-6,11,13,22H,4,7-10,12H2,1-3H3,(H2,19,20,21);1H. The molecule has 7 heteroatoms. The van der Waals surface area contributed by atoms with Crippen molar-refractivity contribution in [1.29, 1.82) is 0 Å². The molecule has 0 aromatic heterocycles. The molecule has 0 unspecified atom stereocenters. The van der Waals surface area contributed by atoms with Gasteiger partial charge < -0.3 is 20.5 Å². The highest BCUT2D eigenvalue weighted by atomic mass is 127. The van der Waals surface area contributed by atoms with E-state index in [2.05, 4.69) is 29.5 Å². The van der Waals surface area contributed by atoms with Gasteiger partial charge in [0.1, 0.15) is 0 Å². The van der Waals surface area contributed by atoms with Crippen LogP contribution in [0.5, 0.6) is 5.75 Å². The summed E-state index contributed by atoms with van der Waals surface area (Å²) in [6, 6.07) is 4.28. The third-order valence-electron chi connectivity index (χ3n) is 3.15. The average Bonchev–Trinajstić information content (AvgIpc) is 2.51. The van der Waals surface area contributed by atoms with Gasteiger partial charge >= 0.3 is 0 Å². The Morgan fingerprint density at radius 3 is 2.67 bits per heavy atom. The molecule has 0 saturated carbocycles. The maximum Gasteiger partial charge on any atom is 0.191 e. The van der Waals surface area contributed by atoms with Crippen LogP contribution in [0.15, 0.2) is 23.2 Å². The molecule has 0 spiro atoms. The number of nitrogens with one attached hydrogen (secondary N) is 2. The summed E-state index contributed by atoms with van der Waals surface area (Å²) in [5.74, 6) is 0.330. The molecule has 138 valence electrons. The molecule has 1 aromatic rings. The minimum Gasteiger partial charge on any atom is -0.505 e. The molecule has 1 rings (SSSR count). The van der Waals surface area contributed by atoms with E-state index in [0.717, 1.165) is 19.6 Å². The molecule has 0 aliphatic rings. The first kappa shape index (κ1) is 22.9. The highest BCUT2D eigenvalue weighted by Gasteiger charge is 2.02. The fraction of sp³-hybridized carbons (Fsp3) is 0.588. The van der Waals surface area contributed by atoms with E-state index in [4.69, 9.17) is 4.74 Å². The molecule has 1 aromatic carbocycles. The second kappa shape index (κ2) is 13.2. The van der Waals surface area contributed by atoms with Gasteiger partial charge in [-0.05, 0) is 37.0 Å². The predicted molar refractivity (Wildman–Crippen MR) is 107 cm³/mol. The van der Waals surface area contributed by atoms with Crippen LogP contribution in [-0.2, 0) is 11.3 Å². The molecule has 0 aliphatic carbocycles. The minimum atomic E-state index is -0.630. The van der Waals surface area contributed by atoms with Crippen molar-refractivity contribution >= 4 is 29.9 Å². The van der Waals surface area contributed by atoms with E-state index in [9.17, 15) is 9.50 Å². The summed E-state index contributed by atoms with van der Waals surface area (Å²) in [5.41, 5.74) is 0.700. The zero-order chi connectivity index (χ0) is 17.1. The second-order valence-corrected chi connectivity index (χ2v) is 5.70. The topological polar surface area (TPSA) is 65.9 Å². The van der Waals surface area contributed by atoms with Crippen LogP contribution in [0.4, 0.5) is 4.39 Å². The third kappa shape index (κ3) is 9.92. The summed E-state index contributed by atoms with van der Waals surface area (Å²) < 4.78 is 18.8. The number of aromatic hydroxyl groups is 1. The summed E-state index contributed by atoms with van der Waals surface area (Å²) >= 11 is 0. The quantitative estimate of drug-likeness (QED) is 0.233.